The van der Waals surface area contributed by atoms with Crippen molar-refractivity contribution in [1.29, 1.82) is 0 Å². The van der Waals surface area contributed by atoms with E-state index >= 15 is 0 Å². The van der Waals surface area contributed by atoms with Gasteiger partial charge in [-0.15, -0.1) is 11.3 Å². The summed E-state index contributed by atoms with van der Waals surface area (Å²) in [6, 6.07) is 10.0. The minimum Gasteiger partial charge on any atom is -0.491 e. The van der Waals surface area contributed by atoms with Crippen LogP contribution in [0.2, 0.25) is 5.02 Å². The van der Waals surface area contributed by atoms with E-state index in [0.717, 1.165) is 29.6 Å². The smallest absolute Gasteiger partial charge is 0.142 e. The summed E-state index contributed by atoms with van der Waals surface area (Å²) in [7, 11) is 0. The lowest BCUT2D eigenvalue weighted by molar-refractivity contribution is 0.272. The highest BCUT2D eigenvalue weighted by molar-refractivity contribution is 7.10. The Morgan fingerprint density at radius 2 is 2.11 bits per heavy atom. The van der Waals surface area contributed by atoms with Gasteiger partial charge in [-0.1, -0.05) is 37.6 Å². The molecule has 0 radical (unpaired) electrons. The molecule has 0 unspecified atom stereocenters. The number of thiophene rings is 1. The Morgan fingerprint density at radius 1 is 1.32 bits per heavy atom. The molecule has 1 N–H and O–H groups in total. The monoisotopic (exact) mass is 295 g/mol. The Labute approximate surface area is 123 Å². The average molecular weight is 296 g/mol. The quantitative estimate of drug-likeness (QED) is 0.805. The van der Waals surface area contributed by atoms with Gasteiger partial charge < -0.3 is 10.1 Å². The molecule has 1 heterocycles. The topological polar surface area (TPSA) is 21.3 Å². The van der Waals surface area contributed by atoms with Gasteiger partial charge in [-0.25, -0.2) is 0 Å². The third-order valence-corrected chi connectivity index (χ3v) is 3.82. The first kappa shape index (κ1) is 14.2. The molecule has 2 aromatic rings. The molecule has 0 aliphatic heterocycles. The number of rotatable bonds is 6. The lowest BCUT2D eigenvalue weighted by Gasteiger charge is -2.14. The van der Waals surface area contributed by atoms with Gasteiger partial charge >= 0.3 is 0 Å². The molecule has 4 heteroatoms. The predicted molar refractivity (Wildman–Crippen MR) is 83.4 cm³/mol. The van der Waals surface area contributed by atoms with Crippen LogP contribution in [-0.4, -0.2) is 6.61 Å². The highest BCUT2D eigenvalue weighted by Crippen LogP contribution is 2.26. The summed E-state index contributed by atoms with van der Waals surface area (Å²) in [6.07, 6.45) is 0. The largest absolute Gasteiger partial charge is 0.491 e. The average Bonchev–Trinajstić information content (AvgIpc) is 2.80. The summed E-state index contributed by atoms with van der Waals surface area (Å²) < 4.78 is 5.81. The summed E-state index contributed by atoms with van der Waals surface area (Å²) in [5.74, 6) is 1.42. The third kappa shape index (κ3) is 4.44. The van der Waals surface area contributed by atoms with Gasteiger partial charge in [0.2, 0.25) is 0 Å². The molecule has 0 spiro atoms. The third-order valence-electron chi connectivity index (χ3n) is 2.53. The molecule has 19 heavy (non-hydrogen) atoms. The number of hydrogen-bond acceptors (Lipinski definition) is 3. The van der Waals surface area contributed by atoms with Gasteiger partial charge in [0.1, 0.15) is 5.75 Å². The Hall–Kier alpha value is -1.19. The molecule has 0 aliphatic rings. The van der Waals surface area contributed by atoms with E-state index in [-0.39, 0.29) is 0 Å². The van der Waals surface area contributed by atoms with Gasteiger partial charge in [0.25, 0.3) is 0 Å². The molecule has 2 rings (SSSR count). The van der Waals surface area contributed by atoms with Gasteiger partial charge in [0.15, 0.2) is 0 Å². The Balaban J connectivity index is 1.99. The molecule has 0 saturated heterocycles. The molecule has 0 bridgehead atoms. The molecule has 2 nitrogen and oxygen atoms in total. The van der Waals surface area contributed by atoms with Crippen LogP contribution in [0, 0.1) is 5.92 Å². The molecule has 0 atom stereocenters. The van der Waals surface area contributed by atoms with Crippen LogP contribution >= 0.6 is 22.9 Å². The molecular formula is C15H18ClNOS. The minimum atomic E-state index is 0.518. The maximum Gasteiger partial charge on any atom is 0.142 e. The first-order valence-electron chi connectivity index (χ1n) is 6.34. The number of anilines is 1. The van der Waals surface area contributed by atoms with Crippen molar-refractivity contribution in [3.63, 3.8) is 0 Å². The van der Waals surface area contributed by atoms with Crippen LogP contribution in [0.15, 0.2) is 35.7 Å². The fourth-order valence-corrected chi connectivity index (χ4v) is 2.64. The van der Waals surface area contributed by atoms with Crippen molar-refractivity contribution in [1.82, 2.24) is 0 Å². The van der Waals surface area contributed by atoms with Crippen LogP contribution in [0.1, 0.15) is 18.7 Å². The van der Waals surface area contributed by atoms with Crippen molar-refractivity contribution in [3.05, 3.63) is 45.6 Å². The summed E-state index contributed by atoms with van der Waals surface area (Å²) in [5.41, 5.74) is 1.02. The summed E-state index contributed by atoms with van der Waals surface area (Å²) in [6.45, 7) is 5.77. The highest BCUT2D eigenvalue weighted by atomic mass is 35.5. The number of nitrogens with one attached hydrogen (secondary N) is 1. The molecule has 102 valence electrons. The van der Waals surface area contributed by atoms with Crippen LogP contribution in [0.3, 0.4) is 0 Å². The van der Waals surface area contributed by atoms with E-state index in [9.17, 15) is 0 Å². The second kappa shape index (κ2) is 6.83. The van der Waals surface area contributed by atoms with Crippen LogP contribution in [0.25, 0.3) is 0 Å². The second-order valence-corrected chi connectivity index (χ2v) is 6.22. The van der Waals surface area contributed by atoms with Gasteiger partial charge in [-0.05, 0) is 24.1 Å². The van der Waals surface area contributed by atoms with Crippen LogP contribution < -0.4 is 10.1 Å². The van der Waals surface area contributed by atoms with E-state index in [1.165, 1.54) is 4.88 Å². The fourth-order valence-electron chi connectivity index (χ4n) is 1.62. The van der Waals surface area contributed by atoms with E-state index in [4.69, 9.17) is 16.3 Å². The first-order valence-corrected chi connectivity index (χ1v) is 7.59. The molecule has 0 aliphatic carbocycles. The van der Waals surface area contributed by atoms with Crippen LogP contribution in [0.4, 0.5) is 5.69 Å². The lowest BCUT2D eigenvalue weighted by Crippen LogP contribution is -2.07. The molecule has 1 aromatic heterocycles. The summed E-state index contributed by atoms with van der Waals surface area (Å²) in [4.78, 5) is 1.21. The van der Waals surface area contributed by atoms with Crippen molar-refractivity contribution in [2.45, 2.75) is 20.4 Å². The van der Waals surface area contributed by atoms with Crippen molar-refractivity contribution in [3.8, 4) is 5.75 Å². The SMILES string of the molecule is CC(C)COc1ccccc1NCc1cc(Cl)cs1. The number of ether oxygens (including phenoxy) is 1. The predicted octanol–water partition coefficient (Wildman–Crippen LogP) is 5.05. The van der Waals surface area contributed by atoms with Gasteiger partial charge in [0, 0.05) is 16.8 Å². The van der Waals surface area contributed by atoms with Gasteiger partial charge in [-0.2, -0.15) is 0 Å². The Bertz CT molecular complexity index is 524. The summed E-state index contributed by atoms with van der Waals surface area (Å²) in [5, 5.41) is 6.13. The molecular weight excluding hydrogens is 278 g/mol. The van der Waals surface area contributed by atoms with E-state index in [1.807, 2.05) is 35.7 Å². The molecule has 0 amide bonds. The lowest BCUT2D eigenvalue weighted by atomic mass is 10.2. The zero-order chi connectivity index (χ0) is 13.7. The van der Waals surface area contributed by atoms with E-state index in [1.54, 1.807) is 11.3 Å². The van der Waals surface area contributed by atoms with Gasteiger partial charge in [0.05, 0.1) is 17.3 Å². The number of halogens is 1. The zero-order valence-corrected chi connectivity index (χ0v) is 12.7. The maximum atomic E-state index is 5.92. The molecule has 0 saturated carbocycles. The Kier molecular flexibility index (Phi) is 5.11. The molecule has 0 fully saturated rings. The number of hydrogen-bond donors (Lipinski definition) is 1. The van der Waals surface area contributed by atoms with Gasteiger partial charge in [-0.3, -0.25) is 0 Å². The Morgan fingerprint density at radius 3 is 2.79 bits per heavy atom. The first-order chi connectivity index (χ1) is 9.15. The minimum absolute atomic E-state index is 0.518. The van der Waals surface area contributed by atoms with Crippen LogP contribution in [-0.2, 0) is 6.54 Å². The van der Waals surface area contributed by atoms with Crippen molar-refractivity contribution in [2.75, 3.05) is 11.9 Å². The van der Waals surface area contributed by atoms with E-state index in [2.05, 4.69) is 19.2 Å². The summed E-state index contributed by atoms with van der Waals surface area (Å²) >= 11 is 7.57. The van der Waals surface area contributed by atoms with Crippen LogP contribution in [0.5, 0.6) is 5.75 Å². The van der Waals surface area contributed by atoms with Crippen molar-refractivity contribution in [2.24, 2.45) is 5.92 Å². The normalized spacial score (nSPS) is 10.7. The number of para-hydroxylation sites is 2. The van der Waals surface area contributed by atoms with Crippen molar-refractivity contribution >= 4 is 28.6 Å². The van der Waals surface area contributed by atoms with E-state index < -0.39 is 0 Å². The second-order valence-electron chi connectivity index (χ2n) is 4.79. The fraction of sp³-hybridized carbons (Fsp3) is 0.333. The van der Waals surface area contributed by atoms with Crippen molar-refractivity contribution < 1.29 is 4.74 Å². The number of benzene rings is 1. The zero-order valence-electron chi connectivity index (χ0n) is 11.2. The molecule has 1 aromatic carbocycles. The van der Waals surface area contributed by atoms with E-state index in [0.29, 0.717) is 5.92 Å². The standard InChI is InChI=1S/C15H18ClNOS/c1-11(2)9-18-15-6-4-3-5-14(15)17-8-13-7-12(16)10-19-13/h3-7,10-11,17H,8-9H2,1-2H3. The highest BCUT2D eigenvalue weighted by Gasteiger charge is 2.04. The maximum absolute atomic E-state index is 5.92.